The van der Waals surface area contributed by atoms with Crippen LogP contribution in [0.2, 0.25) is 0 Å². The number of esters is 1. The minimum Gasteiger partial charge on any atom is -0.457 e. The molecule has 3 heteroatoms. The van der Waals surface area contributed by atoms with Crippen LogP contribution in [0.4, 0.5) is 5.69 Å². The standard InChI is InChI=1S/C24H33NO2/c1-3-5-10-18-25(19-11-6-4-2)23-16-14-22(15-17-23)24(26)27-20-21-12-8-7-9-13-21/h7-9,12-17H,3-6,10-11,18-20H2,1-2H3. The Morgan fingerprint density at radius 1 is 0.815 bits per heavy atom. The van der Waals surface area contributed by atoms with Gasteiger partial charge in [-0.2, -0.15) is 0 Å². The van der Waals surface area contributed by atoms with Crippen LogP contribution in [0, 0.1) is 0 Å². The second-order valence-corrected chi connectivity index (χ2v) is 7.01. The molecule has 0 radical (unpaired) electrons. The van der Waals surface area contributed by atoms with Crippen LogP contribution >= 0.6 is 0 Å². The molecule has 2 aromatic carbocycles. The van der Waals surface area contributed by atoms with E-state index in [4.69, 9.17) is 4.74 Å². The lowest BCUT2D eigenvalue weighted by molar-refractivity contribution is 0.0473. The summed E-state index contributed by atoms with van der Waals surface area (Å²) in [7, 11) is 0. The molecule has 0 saturated heterocycles. The van der Waals surface area contributed by atoms with Gasteiger partial charge in [-0.15, -0.1) is 0 Å². The summed E-state index contributed by atoms with van der Waals surface area (Å²) in [5, 5.41) is 0. The van der Waals surface area contributed by atoms with Gasteiger partial charge in [-0.05, 0) is 42.7 Å². The first-order valence-electron chi connectivity index (χ1n) is 10.3. The van der Waals surface area contributed by atoms with Crippen molar-refractivity contribution in [2.24, 2.45) is 0 Å². The van der Waals surface area contributed by atoms with Gasteiger partial charge in [-0.1, -0.05) is 69.9 Å². The number of carbonyl (C=O) groups excluding carboxylic acids is 1. The van der Waals surface area contributed by atoms with Gasteiger partial charge in [-0.3, -0.25) is 0 Å². The van der Waals surface area contributed by atoms with Crippen molar-refractivity contribution in [2.75, 3.05) is 18.0 Å². The smallest absolute Gasteiger partial charge is 0.338 e. The van der Waals surface area contributed by atoms with Crippen LogP contribution in [0.25, 0.3) is 0 Å². The van der Waals surface area contributed by atoms with E-state index in [2.05, 4.69) is 30.9 Å². The van der Waals surface area contributed by atoms with Gasteiger partial charge in [0.15, 0.2) is 0 Å². The monoisotopic (exact) mass is 367 g/mol. The van der Waals surface area contributed by atoms with Crippen LogP contribution in [-0.2, 0) is 11.3 Å². The largest absolute Gasteiger partial charge is 0.457 e. The summed E-state index contributed by atoms with van der Waals surface area (Å²) in [4.78, 5) is 14.7. The molecule has 0 fully saturated rings. The lowest BCUT2D eigenvalue weighted by Crippen LogP contribution is -2.25. The van der Waals surface area contributed by atoms with Crippen molar-refractivity contribution in [1.29, 1.82) is 0 Å². The van der Waals surface area contributed by atoms with Crippen LogP contribution in [0.1, 0.15) is 68.3 Å². The molecule has 2 aromatic rings. The topological polar surface area (TPSA) is 29.5 Å². The molecule has 0 atom stereocenters. The molecule has 0 aliphatic heterocycles. The zero-order valence-corrected chi connectivity index (χ0v) is 16.8. The summed E-state index contributed by atoms with van der Waals surface area (Å²) >= 11 is 0. The first-order chi connectivity index (χ1) is 13.2. The van der Waals surface area contributed by atoms with E-state index in [1.807, 2.05) is 42.5 Å². The Morgan fingerprint density at radius 2 is 1.41 bits per heavy atom. The van der Waals surface area contributed by atoms with Gasteiger partial charge in [-0.25, -0.2) is 4.79 Å². The van der Waals surface area contributed by atoms with Crippen molar-refractivity contribution < 1.29 is 9.53 Å². The molecule has 0 saturated carbocycles. The number of hydrogen-bond donors (Lipinski definition) is 0. The van der Waals surface area contributed by atoms with Crippen molar-refractivity contribution >= 4 is 11.7 Å². The Bertz CT molecular complexity index is 642. The molecule has 2 rings (SSSR count). The van der Waals surface area contributed by atoms with Crippen molar-refractivity contribution in [2.45, 2.75) is 59.0 Å². The average Bonchev–Trinajstić information content (AvgIpc) is 2.72. The SMILES string of the molecule is CCCCCN(CCCCC)c1ccc(C(=O)OCc2ccccc2)cc1. The van der Waals surface area contributed by atoms with E-state index >= 15 is 0 Å². The number of rotatable bonds is 12. The fourth-order valence-corrected chi connectivity index (χ4v) is 3.09. The molecule has 0 aliphatic rings. The normalized spacial score (nSPS) is 10.6. The molecule has 0 spiro atoms. The Kier molecular flexibility index (Phi) is 9.47. The molecule has 0 N–H and O–H groups in total. The molecule has 27 heavy (non-hydrogen) atoms. The van der Waals surface area contributed by atoms with Crippen LogP contribution < -0.4 is 4.90 Å². The second-order valence-electron chi connectivity index (χ2n) is 7.01. The third-order valence-corrected chi connectivity index (χ3v) is 4.74. The number of carbonyl (C=O) groups is 1. The number of unbranched alkanes of at least 4 members (excludes halogenated alkanes) is 4. The third-order valence-electron chi connectivity index (χ3n) is 4.74. The molecule has 146 valence electrons. The summed E-state index contributed by atoms with van der Waals surface area (Å²) in [5.74, 6) is -0.270. The molecular weight excluding hydrogens is 334 g/mol. The van der Waals surface area contributed by atoms with Gasteiger partial charge in [0.25, 0.3) is 0 Å². The van der Waals surface area contributed by atoms with Crippen LogP contribution in [0.15, 0.2) is 54.6 Å². The Hall–Kier alpha value is -2.29. The van der Waals surface area contributed by atoms with Gasteiger partial charge in [0.1, 0.15) is 6.61 Å². The lowest BCUT2D eigenvalue weighted by Gasteiger charge is -2.25. The molecule has 0 bridgehead atoms. The fourth-order valence-electron chi connectivity index (χ4n) is 3.09. The third kappa shape index (κ3) is 7.46. The molecule has 0 unspecified atom stereocenters. The van der Waals surface area contributed by atoms with Crippen LogP contribution in [0.5, 0.6) is 0 Å². The Labute approximate surface area is 164 Å². The van der Waals surface area contributed by atoms with Gasteiger partial charge in [0, 0.05) is 18.8 Å². The summed E-state index contributed by atoms with van der Waals surface area (Å²) in [6.07, 6.45) is 7.40. The van der Waals surface area contributed by atoms with Gasteiger partial charge < -0.3 is 9.64 Å². The molecular formula is C24H33NO2. The zero-order chi connectivity index (χ0) is 19.3. The van der Waals surface area contributed by atoms with Crippen LogP contribution in [0.3, 0.4) is 0 Å². The molecule has 0 heterocycles. The van der Waals surface area contributed by atoms with E-state index in [1.165, 1.54) is 44.2 Å². The highest BCUT2D eigenvalue weighted by atomic mass is 16.5. The Morgan fingerprint density at radius 3 is 1.96 bits per heavy atom. The first kappa shape index (κ1) is 21.0. The van der Waals surface area contributed by atoms with Crippen molar-refractivity contribution in [1.82, 2.24) is 0 Å². The van der Waals surface area contributed by atoms with Crippen molar-refractivity contribution in [3.05, 3.63) is 65.7 Å². The predicted octanol–water partition coefficient (Wildman–Crippen LogP) is 6.23. The maximum absolute atomic E-state index is 12.3. The van der Waals surface area contributed by atoms with Crippen molar-refractivity contribution in [3.63, 3.8) is 0 Å². The molecule has 0 aliphatic carbocycles. The maximum Gasteiger partial charge on any atom is 0.338 e. The maximum atomic E-state index is 12.3. The van der Waals surface area contributed by atoms with Gasteiger partial charge in [0.2, 0.25) is 0 Å². The van der Waals surface area contributed by atoms with E-state index in [-0.39, 0.29) is 5.97 Å². The van der Waals surface area contributed by atoms with E-state index in [0.29, 0.717) is 12.2 Å². The minimum atomic E-state index is -0.270. The number of ether oxygens (including phenoxy) is 1. The first-order valence-corrected chi connectivity index (χ1v) is 10.3. The summed E-state index contributed by atoms with van der Waals surface area (Å²) in [5.41, 5.74) is 2.80. The highest BCUT2D eigenvalue weighted by Gasteiger charge is 2.10. The number of anilines is 1. The predicted molar refractivity (Wildman–Crippen MR) is 113 cm³/mol. The quantitative estimate of drug-likeness (QED) is 0.329. The fraction of sp³-hybridized carbons (Fsp3) is 0.458. The summed E-state index contributed by atoms with van der Waals surface area (Å²) in [6, 6.07) is 17.6. The van der Waals surface area contributed by atoms with E-state index < -0.39 is 0 Å². The molecule has 0 amide bonds. The Balaban J connectivity index is 1.93. The number of nitrogens with zero attached hydrogens (tertiary/aromatic N) is 1. The second kappa shape index (κ2) is 12.2. The average molecular weight is 368 g/mol. The number of hydrogen-bond acceptors (Lipinski definition) is 3. The van der Waals surface area contributed by atoms with Crippen molar-refractivity contribution in [3.8, 4) is 0 Å². The molecule has 0 aromatic heterocycles. The summed E-state index contributed by atoms with van der Waals surface area (Å²) < 4.78 is 5.42. The highest BCUT2D eigenvalue weighted by Crippen LogP contribution is 2.18. The summed E-state index contributed by atoms with van der Waals surface area (Å²) in [6.45, 7) is 6.93. The lowest BCUT2D eigenvalue weighted by atomic mass is 10.1. The van der Waals surface area contributed by atoms with E-state index in [9.17, 15) is 4.79 Å². The zero-order valence-electron chi connectivity index (χ0n) is 16.8. The highest BCUT2D eigenvalue weighted by molar-refractivity contribution is 5.89. The van der Waals surface area contributed by atoms with E-state index in [0.717, 1.165) is 18.7 Å². The van der Waals surface area contributed by atoms with Gasteiger partial charge >= 0.3 is 5.97 Å². The number of benzene rings is 2. The van der Waals surface area contributed by atoms with Crippen LogP contribution in [-0.4, -0.2) is 19.1 Å². The van der Waals surface area contributed by atoms with Gasteiger partial charge in [0.05, 0.1) is 5.56 Å². The molecule has 3 nitrogen and oxygen atoms in total. The minimum absolute atomic E-state index is 0.270. The van der Waals surface area contributed by atoms with E-state index in [1.54, 1.807) is 0 Å².